The average molecular weight is 756 g/mol. The molecule has 0 saturated heterocycles. The van der Waals surface area contributed by atoms with Crippen molar-refractivity contribution in [2.24, 2.45) is 11.7 Å². The van der Waals surface area contributed by atoms with Crippen molar-refractivity contribution >= 4 is 47.3 Å². The normalized spacial score (nSPS) is 14.8. The molecular weight excluding hydrogens is 706 g/mol. The molecule has 18 nitrogen and oxygen atoms in total. The molecule has 0 saturated carbocycles. The van der Waals surface area contributed by atoms with Gasteiger partial charge in [-0.2, -0.15) is 0 Å². The van der Waals surface area contributed by atoms with Gasteiger partial charge >= 0.3 is 5.97 Å². The van der Waals surface area contributed by atoms with Crippen LogP contribution in [0.3, 0.4) is 0 Å². The summed E-state index contributed by atoms with van der Waals surface area (Å²) >= 11 is 0. The first kappa shape index (κ1) is 44.3. The summed E-state index contributed by atoms with van der Waals surface area (Å²) in [5.74, 6) is -8.43. The van der Waals surface area contributed by atoms with Crippen molar-refractivity contribution in [1.29, 1.82) is 0 Å². The van der Waals surface area contributed by atoms with Gasteiger partial charge in [-0.15, -0.1) is 0 Å². The number of aliphatic carboxylic acids is 1. The van der Waals surface area contributed by atoms with Crippen molar-refractivity contribution in [2.45, 2.75) is 89.3 Å². The van der Waals surface area contributed by atoms with E-state index in [-0.39, 0.29) is 12.8 Å². The Morgan fingerprint density at radius 1 is 0.593 bits per heavy atom. The van der Waals surface area contributed by atoms with Gasteiger partial charge in [0, 0.05) is 19.8 Å². The molecule has 7 amide bonds. The highest BCUT2D eigenvalue weighted by molar-refractivity contribution is 5.98. The number of hydrogen-bond acceptors (Lipinski definition) is 10. The highest BCUT2D eigenvalue weighted by Crippen LogP contribution is 2.09. The van der Waals surface area contributed by atoms with Gasteiger partial charge in [0.1, 0.15) is 36.3 Å². The molecule has 54 heavy (non-hydrogen) atoms. The minimum absolute atomic E-state index is 0.113. The Balaban J connectivity index is 2.30. The van der Waals surface area contributed by atoms with Crippen molar-refractivity contribution in [2.75, 3.05) is 6.61 Å². The Hall–Kier alpha value is -5.88. The SMILES string of the molecule is CC(=O)N[C@H](C(=O)N[C@H](C(=O)N[C@@H](CO)C(=O)N[C@@H](Cc1ccccc1)C(=O)N[C@@H](CC(N)=O)C(=O)N[C@@H](Cc1ccccc1)C(=O)O)C(C)C)[C@@H](C)O. The van der Waals surface area contributed by atoms with Crippen LogP contribution in [0.1, 0.15) is 45.2 Å². The van der Waals surface area contributed by atoms with Gasteiger partial charge in [-0.3, -0.25) is 33.6 Å². The number of carbonyl (C=O) groups excluding carboxylic acids is 7. The predicted molar refractivity (Wildman–Crippen MR) is 193 cm³/mol. The Kier molecular flexibility index (Phi) is 17.7. The number of benzene rings is 2. The van der Waals surface area contributed by atoms with Crippen LogP contribution in [0.4, 0.5) is 0 Å². The molecule has 0 unspecified atom stereocenters. The molecule has 2 aromatic carbocycles. The van der Waals surface area contributed by atoms with Crippen molar-refractivity contribution < 1.29 is 53.7 Å². The maximum absolute atomic E-state index is 13.7. The van der Waals surface area contributed by atoms with E-state index >= 15 is 0 Å². The molecule has 0 aromatic heterocycles. The van der Waals surface area contributed by atoms with Gasteiger partial charge in [0.2, 0.25) is 41.4 Å². The van der Waals surface area contributed by atoms with Gasteiger partial charge in [-0.25, -0.2) is 4.79 Å². The number of primary amides is 1. The molecule has 0 fully saturated rings. The van der Waals surface area contributed by atoms with E-state index in [1.165, 1.54) is 6.92 Å². The molecule has 2 aromatic rings. The predicted octanol–water partition coefficient (Wildman–Crippen LogP) is -2.61. The van der Waals surface area contributed by atoms with Crippen LogP contribution >= 0.6 is 0 Å². The lowest BCUT2D eigenvalue weighted by atomic mass is 10.0. The fourth-order valence-electron chi connectivity index (χ4n) is 5.19. The van der Waals surface area contributed by atoms with Gasteiger partial charge in [-0.05, 0) is 24.0 Å². The first-order valence-corrected chi connectivity index (χ1v) is 17.1. The maximum atomic E-state index is 13.7. The van der Waals surface area contributed by atoms with E-state index in [9.17, 15) is 53.7 Å². The molecule has 11 N–H and O–H groups in total. The molecule has 7 atom stereocenters. The molecule has 294 valence electrons. The molecule has 0 bridgehead atoms. The topological polar surface area (TPSA) is 295 Å². The van der Waals surface area contributed by atoms with E-state index in [1.807, 2.05) is 0 Å². The van der Waals surface area contributed by atoms with Crippen LogP contribution in [0, 0.1) is 5.92 Å². The molecule has 0 aliphatic heterocycles. The maximum Gasteiger partial charge on any atom is 0.326 e. The van der Waals surface area contributed by atoms with E-state index in [0.717, 1.165) is 6.92 Å². The number of carboxylic acids is 1. The first-order chi connectivity index (χ1) is 25.4. The molecular formula is C36H49N7O11. The monoisotopic (exact) mass is 755 g/mol. The number of nitrogens with one attached hydrogen (secondary N) is 6. The number of rotatable bonds is 21. The van der Waals surface area contributed by atoms with Crippen molar-refractivity contribution in [3.8, 4) is 0 Å². The highest BCUT2D eigenvalue weighted by Gasteiger charge is 2.35. The lowest BCUT2D eigenvalue weighted by Crippen LogP contribution is -2.62. The van der Waals surface area contributed by atoms with Crippen molar-refractivity contribution in [3.05, 3.63) is 71.8 Å². The van der Waals surface area contributed by atoms with Crippen LogP contribution < -0.4 is 37.6 Å². The first-order valence-electron chi connectivity index (χ1n) is 17.1. The summed E-state index contributed by atoms with van der Waals surface area (Å²) in [4.78, 5) is 102. The van der Waals surface area contributed by atoms with E-state index in [0.29, 0.717) is 11.1 Å². The smallest absolute Gasteiger partial charge is 0.326 e. The molecule has 0 heterocycles. The summed E-state index contributed by atoms with van der Waals surface area (Å²) in [5, 5.41) is 44.0. The second-order valence-electron chi connectivity index (χ2n) is 13.0. The molecule has 0 radical (unpaired) electrons. The Bertz CT molecular complexity index is 1620. The zero-order chi connectivity index (χ0) is 40.5. The zero-order valence-electron chi connectivity index (χ0n) is 30.4. The van der Waals surface area contributed by atoms with E-state index in [1.54, 1.807) is 74.5 Å². The molecule has 0 spiro atoms. The Morgan fingerprint density at radius 3 is 1.46 bits per heavy atom. The highest BCUT2D eigenvalue weighted by atomic mass is 16.4. The summed E-state index contributed by atoms with van der Waals surface area (Å²) < 4.78 is 0. The summed E-state index contributed by atoms with van der Waals surface area (Å²) in [6.07, 6.45) is -2.33. The van der Waals surface area contributed by atoms with Crippen LogP contribution in [0.15, 0.2) is 60.7 Å². The fraction of sp³-hybridized carbons (Fsp3) is 0.444. The van der Waals surface area contributed by atoms with E-state index in [2.05, 4.69) is 31.9 Å². The third-order valence-electron chi connectivity index (χ3n) is 8.04. The Morgan fingerprint density at radius 2 is 1.02 bits per heavy atom. The van der Waals surface area contributed by atoms with Crippen LogP contribution in [0.5, 0.6) is 0 Å². The van der Waals surface area contributed by atoms with Gasteiger partial charge in [0.15, 0.2) is 0 Å². The second kappa shape index (κ2) is 21.6. The van der Waals surface area contributed by atoms with E-state index in [4.69, 9.17) is 5.73 Å². The summed E-state index contributed by atoms with van der Waals surface area (Å²) in [6.45, 7) is 4.60. The average Bonchev–Trinajstić information content (AvgIpc) is 3.10. The molecule has 18 heteroatoms. The summed E-state index contributed by atoms with van der Waals surface area (Å²) in [7, 11) is 0. The van der Waals surface area contributed by atoms with Crippen LogP contribution in [-0.2, 0) is 51.2 Å². The lowest BCUT2D eigenvalue weighted by molar-refractivity contribution is -0.142. The van der Waals surface area contributed by atoms with Gasteiger partial charge < -0.3 is 53.0 Å². The van der Waals surface area contributed by atoms with Gasteiger partial charge in [-0.1, -0.05) is 74.5 Å². The van der Waals surface area contributed by atoms with Crippen LogP contribution in [0.25, 0.3) is 0 Å². The quantitative estimate of drug-likeness (QED) is 0.0630. The minimum Gasteiger partial charge on any atom is -0.480 e. The van der Waals surface area contributed by atoms with Crippen molar-refractivity contribution in [3.63, 3.8) is 0 Å². The number of amides is 7. The second-order valence-corrected chi connectivity index (χ2v) is 13.0. The molecule has 2 rings (SSSR count). The number of aliphatic hydroxyl groups excluding tert-OH is 2. The zero-order valence-corrected chi connectivity index (χ0v) is 30.4. The number of carboxylic acid groups (broad SMARTS) is 1. The third kappa shape index (κ3) is 14.6. The van der Waals surface area contributed by atoms with Crippen LogP contribution in [-0.4, -0.2) is 112 Å². The standard InChI is InChI=1S/C36H49N7O11/c1-19(2)29(43-35(52)30(20(3)45)38-21(4)46)34(51)42-27(18-44)33(50)39-24(15-22-11-7-5-8-12-22)31(48)40-25(17-28(37)47)32(49)41-26(36(53)54)16-23-13-9-6-10-14-23/h5-14,19-20,24-27,29-30,44-45H,15-18H2,1-4H3,(H2,37,47)(H,38,46)(H,39,50)(H,40,48)(H,41,49)(H,42,51)(H,43,52)(H,53,54)/t20-,24+,25+,26+,27+,29+,30+/m1/s1. The van der Waals surface area contributed by atoms with Crippen molar-refractivity contribution in [1.82, 2.24) is 31.9 Å². The fourth-order valence-corrected chi connectivity index (χ4v) is 5.19. The number of carbonyl (C=O) groups is 8. The number of hydrogen-bond donors (Lipinski definition) is 10. The van der Waals surface area contributed by atoms with Crippen LogP contribution in [0.2, 0.25) is 0 Å². The number of aliphatic hydroxyl groups is 2. The van der Waals surface area contributed by atoms with E-state index < -0.39 is 109 Å². The van der Waals surface area contributed by atoms with Gasteiger partial charge in [0.05, 0.1) is 19.1 Å². The number of nitrogens with two attached hydrogens (primary N) is 1. The lowest BCUT2D eigenvalue weighted by Gasteiger charge is -2.28. The summed E-state index contributed by atoms with van der Waals surface area (Å²) in [6, 6.07) is 7.80. The summed E-state index contributed by atoms with van der Waals surface area (Å²) in [5.41, 5.74) is 6.49. The Labute approximate surface area is 312 Å². The molecule has 0 aliphatic carbocycles. The van der Waals surface area contributed by atoms with Gasteiger partial charge in [0.25, 0.3) is 0 Å². The molecule has 0 aliphatic rings. The largest absolute Gasteiger partial charge is 0.480 e. The third-order valence-corrected chi connectivity index (χ3v) is 8.04. The minimum atomic E-state index is -1.66.